The Balaban J connectivity index is 1.36. The summed E-state index contributed by atoms with van der Waals surface area (Å²) in [6.07, 6.45) is -3.81. The van der Waals surface area contributed by atoms with Crippen LogP contribution in [0.15, 0.2) is 65.7 Å². The summed E-state index contributed by atoms with van der Waals surface area (Å²) in [4.78, 5) is 37.0. The zero-order chi connectivity index (χ0) is 32.7. The number of aromatic hydroxyl groups is 1. The number of benzene rings is 3. The molecule has 1 fully saturated rings. The van der Waals surface area contributed by atoms with Crippen LogP contribution in [0.4, 0.5) is 24.5 Å². The third kappa shape index (κ3) is 6.22. The van der Waals surface area contributed by atoms with Crippen molar-refractivity contribution in [2.75, 3.05) is 38.2 Å². The van der Waals surface area contributed by atoms with Gasteiger partial charge in [-0.25, -0.2) is 9.79 Å². The smallest absolute Gasteiger partial charge is 0.416 e. The molecule has 0 bridgehead atoms. The van der Waals surface area contributed by atoms with Crippen LogP contribution < -0.4 is 4.90 Å². The van der Waals surface area contributed by atoms with Crippen LogP contribution in [0.25, 0.3) is 10.9 Å². The number of hydrogen-bond acceptors (Lipinski definition) is 7. The number of morpholine rings is 1. The first-order valence-corrected chi connectivity index (χ1v) is 14.9. The van der Waals surface area contributed by atoms with E-state index in [2.05, 4.69) is 9.88 Å². The maximum absolute atomic E-state index is 13.4. The van der Waals surface area contributed by atoms with Gasteiger partial charge in [-0.2, -0.15) is 13.2 Å². The lowest BCUT2D eigenvalue weighted by Gasteiger charge is -2.35. The van der Waals surface area contributed by atoms with Crippen molar-refractivity contribution in [1.82, 2.24) is 9.88 Å². The van der Waals surface area contributed by atoms with Crippen LogP contribution in [-0.2, 0) is 26.9 Å². The first kappa shape index (κ1) is 31.3. The van der Waals surface area contributed by atoms with Crippen molar-refractivity contribution < 1.29 is 37.3 Å². The zero-order valence-corrected chi connectivity index (χ0v) is 25.5. The highest BCUT2D eigenvalue weighted by Gasteiger charge is 2.31. The summed E-state index contributed by atoms with van der Waals surface area (Å²) in [5.74, 6) is -0.828. The van der Waals surface area contributed by atoms with E-state index < -0.39 is 17.7 Å². The standard InChI is InChI=1S/C34H33F3N4O5/c1-19-16-40(17-20(2)46-19)18-29(42)41-13-12-22-14-25(9-11-28(22)41)38-31(21-4-7-24(8-5-21)34(35,36)37)30-26-10-6-23(33(44)45-3)15-27(26)39-32(30)43/h4-11,14-15,19-20,39,43H,12-13,16-18H2,1-3H3. The van der Waals surface area contributed by atoms with Crippen molar-refractivity contribution in [3.63, 3.8) is 0 Å². The molecule has 0 saturated carbocycles. The molecule has 0 spiro atoms. The molecule has 2 aliphatic rings. The molecule has 240 valence electrons. The molecule has 6 rings (SSSR count). The number of methoxy groups -OCH3 is 1. The zero-order valence-electron chi connectivity index (χ0n) is 25.5. The number of halogens is 3. The maximum Gasteiger partial charge on any atom is 0.416 e. The van der Waals surface area contributed by atoms with Crippen molar-refractivity contribution in [2.24, 2.45) is 4.99 Å². The minimum absolute atomic E-state index is 0.00298. The van der Waals surface area contributed by atoms with Gasteiger partial charge in [0.05, 0.1) is 54.0 Å². The quantitative estimate of drug-likeness (QED) is 0.204. The van der Waals surface area contributed by atoms with Gasteiger partial charge < -0.3 is 24.5 Å². The highest BCUT2D eigenvalue weighted by atomic mass is 19.4. The van der Waals surface area contributed by atoms with Crippen LogP contribution in [0.2, 0.25) is 0 Å². The Morgan fingerprint density at radius 3 is 2.39 bits per heavy atom. The highest BCUT2D eigenvalue weighted by molar-refractivity contribution is 6.22. The van der Waals surface area contributed by atoms with E-state index in [9.17, 15) is 27.9 Å². The van der Waals surface area contributed by atoms with Crippen molar-refractivity contribution in [3.8, 4) is 5.88 Å². The largest absolute Gasteiger partial charge is 0.494 e. The molecule has 4 aromatic rings. The fraction of sp³-hybridized carbons (Fsp3) is 0.324. The number of nitrogens with zero attached hydrogens (tertiary/aromatic N) is 3. The summed E-state index contributed by atoms with van der Waals surface area (Å²) in [7, 11) is 1.26. The minimum atomic E-state index is -4.52. The SMILES string of the molecule is COC(=O)c1ccc2c(C(=Nc3ccc4c(c3)CCN4C(=O)CN3CC(C)OC(C)C3)c3ccc(C(F)(F)F)cc3)c(O)[nH]c2c1. The third-order valence-electron chi connectivity index (χ3n) is 8.28. The molecule has 3 aromatic carbocycles. The van der Waals surface area contributed by atoms with Gasteiger partial charge in [0.25, 0.3) is 0 Å². The van der Waals surface area contributed by atoms with E-state index in [4.69, 9.17) is 14.5 Å². The van der Waals surface area contributed by atoms with Crippen LogP contribution in [0, 0.1) is 0 Å². The summed E-state index contributed by atoms with van der Waals surface area (Å²) in [6.45, 7) is 6.16. The van der Waals surface area contributed by atoms with Gasteiger partial charge in [-0.05, 0) is 68.3 Å². The van der Waals surface area contributed by atoms with E-state index in [1.807, 2.05) is 26.0 Å². The molecular formula is C34H33F3N4O5. The molecule has 1 aromatic heterocycles. The second-order valence-corrected chi connectivity index (χ2v) is 11.7. The first-order valence-electron chi connectivity index (χ1n) is 14.9. The van der Waals surface area contributed by atoms with Crippen molar-refractivity contribution in [1.29, 1.82) is 0 Å². The number of carbonyl (C=O) groups is 2. The van der Waals surface area contributed by atoms with Crippen LogP contribution >= 0.6 is 0 Å². The summed E-state index contributed by atoms with van der Waals surface area (Å²) < 4.78 is 50.7. The van der Waals surface area contributed by atoms with Gasteiger partial charge in [-0.15, -0.1) is 0 Å². The van der Waals surface area contributed by atoms with Gasteiger partial charge in [0.2, 0.25) is 5.91 Å². The Kier molecular flexibility index (Phi) is 8.34. The van der Waals surface area contributed by atoms with Crippen molar-refractivity contribution in [2.45, 2.75) is 38.7 Å². The maximum atomic E-state index is 13.4. The Bertz CT molecular complexity index is 1820. The monoisotopic (exact) mass is 634 g/mol. The Labute approximate surface area is 263 Å². The number of ether oxygens (including phenoxy) is 2. The molecule has 0 aliphatic carbocycles. The second kappa shape index (κ2) is 12.3. The van der Waals surface area contributed by atoms with Crippen LogP contribution in [0.3, 0.4) is 0 Å². The predicted octanol–water partition coefficient (Wildman–Crippen LogP) is 5.85. The number of carbonyl (C=O) groups excluding carboxylic acids is 2. The lowest BCUT2D eigenvalue weighted by molar-refractivity contribution is -0.137. The van der Waals surface area contributed by atoms with Gasteiger partial charge in [-0.1, -0.05) is 18.2 Å². The van der Waals surface area contributed by atoms with Gasteiger partial charge in [0.15, 0.2) is 5.88 Å². The van der Waals surface area contributed by atoms with Crippen LogP contribution in [0.5, 0.6) is 5.88 Å². The van der Waals surface area contributed by atoms with E-state index in [0.29, 0.717) is 48.2 Å². The minimum Gasteiger partial charge on any atom is -0.494 e. The highest BCUT2D eigenvalue weighted by Crippen LogP contribution is 2.36. The molecular weight excluding hydrogens is 601 g/mol. The lowest BCUT2D eigenvalue weighted by atomic mass is 9.99. The second-order valence-electron chi connectivity index (χ2n) is 11.7. The lowest BCUT2D eigenvalue weighted by Crippen LogP contribution is -2.49. The number of anilines is 1. The number of H-pyrrole nitrogens is 1. The molecule has 9 nitrogen and oxygen atoms in total. The van der Waals surface area contributed by atoms with E-state index in [0.717, 1.165) is 23.4 Å². The van der Waals surface area contributed by atoms with E-state index in [-0.39, 0.29) is 47.4 Å². The van der Waals surface area contributed by atoms with Crippen molar-refractivity contribution in [3.05, 3.63) is 88.5 Å². The predicted molar refractivity (Wildman–Crippen MR) is 167 cm³/mol. The number of aromatic nitrogens is 1. The molecule has 1 amide bonds. The van der Waals surface area contributed by atoms with Crippen LogP contribution in [-0.4, -0.2) is 78.1 Å². The summed E-state index contributed by atoms with van der Waals surface area (Å²) in [5, 5.41) is 11.6. The fourth-order valence-corrected chi connectivity index (χ4v) is 6.29. The molecule has 12 heteroatoms. The molecule has 2 atom stereocenters. The molecule has 3 heterocycles. The Morgan fingerprint density at radius 2 is 1.72 bits per heavy atom. The number of amides is 1. The molecule has 1 saturated heterocycles. The normalized spacial score (nSPS) is 19.0. The molecule has 2 aliphatic heterocycles. The average molecular weight is 635 g/mol. The van der Waals surface area contributed by atoms with Gasteiger partial charge in [0, 0.05) is 41.8 Å². The van der Waals surface area contributed by atoms with E-state index in [1.54, 1.807) is 17.0 Å². The average Bonchev–Trinajstić information content (AvgIpc) is 3.58. The Morgan fingerprint density at radius 1 is 1.02 bits per heavy atom. The number of alkyl halides is 3. The number of rotatable bonds is 6. The molecule has 0 radical (unpaired) electrons. The number of esters is 1. The van der Waals surface area contributed by atoms with Crippen LogP contribution in [0.1, 0.15) is 46.5 Å². The summed E-state index contributed by atoms with van der Waals surface area (Å²) in [6, 6.07) is 14.7. The molecule has 46 heavy (non-hydrogen) atoms. The number of nitrogens with one attached hydrogen (secondary N) is 1. The molecule has 2 N–H and O–H groups in total. The fourth-order valence-electron chi connectivity index (χ4n) is 6.29. The van der Waals surface area contributed by atoms with E-state index in [1.165, 1.54) is 31.4 Å². The molecule has 2 unspecified atom stereocenters. The van der Waals surface area contributed by atoms with E-state index >= 15 is 0 Å². The topological polar surface area (TPSA) is 107 Å². The number of hydrogen-bond donors (Lipinski definition) is 2. The van der Waals surface area contributed by atoms with Crippen molar-refractivity contribution >= 4 is 39.9 Å². The Hall–Kier alpha value is -4.68. The number of aliphatic imine (C=N–C) groups is 1. The van der Waals surface area contributed by atoms with Gasteiger partial charge >= 0.3 is 12.1 Å². The van der Waals surface area contributed by atoms with Gasteiger partial charge in [-0.3, -0.25) is 9.69 Å². The first-order chi connectivity index (χ1) is 21.9. The summed E-state index contributed by atoms with van der Waals surface area (Å²) >= 11 is 0. The number of fused-ring (bicyclic) bond motifs is 2. The summed E-state index contributed by atoms with van der Waals surface area (Å²) in [5.41, 5.74) is 2.89. The number of aromatic amines is 1. The third-order valence-corrected chi connectivity index (χ3v) is 8.28. The van der Waals surface area contributed by atoms with Gasteiger partial charge in [0.1, 0.15) is 0 Å².